The van der Waals surface area contributed by atoms with E-state index in [9.17, 15) is 9.59 Å². The van der Waals surface area contributed by atoms with Crippen LogP contribution in [0.5, 0.6) is 11.5 Å². The van der Waals surface area contributed by atoms with Gasteiger partial charge in [0.05, 0.1) is 24.9 Å². The van der Waals surface area contributed by atoms with Gasteiger partial charge in [0.1, 0.15) is 0 Å². The highest BCUT2D eigenvalue weighted by Crippen LogP contribution is 2.34. The zero-order valence-corrected chi connectivity index (χ0v) is 13.0. The first-order valence-corrected chi connectivity index (χ1v) is 7.28. The van der Waals surface area contributed by atoms with E-state index in [1.807, 2.05) is 0 Å². The van der Waals surface area contributed by atoms with Crippen LogP contribution in [0.15, 0.2) is 42.5 Å². The Morgan fingerprint density at radius 3 is 2.75 bits per heavy atom. The van der Waals surface area contributed by atoms with Gasteiger partial charge >= 0.3 is 5.97 Å². The van der Waals surface area contributed by atoms with Crippen LogP contribution < -0.4 is 20.1 Å². The normalized spacial score (nSPS) is 11.7. The van der Waals surface area contributed by atoms with Crippen LogP contribution >= 0.6 is 0 Å². The number of carbonyl (C=O) groups is 2. The second-order valence-electron chi connectivity index (χ2n) is 5.01. The highest BCUT2D eigenvalue weighted by molar-refractivity contribution is 6.02. The van der Waals surface area contributed by atoms with E-state index >= 15 is 0 Å². The number of methoxy groups -OCH3 is 1. The van der Waals surface area contributed by atoms with E-state index in [2.05, 4.69) is 10.6 Å². The lowest BCUT2D eigenvalue weighted by Gasteiger charge is -2.11. The summed E-state index contributed by atoms with van der Waals surface area (Å²) in [5.41, 5.74) is 1.44. The monoisotopic (exact) mass is 328 g/mol. The minimum atomic E-state index is -0.505. The van der Waals surface area contributed by atoms with Crippen molar-refractivity contribution in [2.24, 2.45) is 0 Å². The molecule has 7 nitrogen and oxygen atoms in total. The Balaban J connectivity index is 1.61. The summed E-state index contributed by atoms with van der Waals surface area (Å²) in [6.07, 6.45) is 0. The molecule has 0 unspecified atom stereocenters. The summed E-state index contributed by atoms with van der Waals surface area (Å²) in [6.45, 7) is 0.235. The maximum absolute atomic E-state index is 12.1. The van der Waals surface area contributed by atoms with Crippen molar-refractivity contribution in [2.45, 2.75) is 0 Å². The minimum Gasteiger partial charge on any atom is -0.465 e. The molecule has 1 heterocycles. The summed E-state index contributed by atoms with van der Waals surface area (Å²) in [7, 11) is 1.29. The van der Waals surface area contributed by atoms with Crippen LogP contribution in [-0.4, -0.2) is 32.3 Å². The molecule has 0 radical (unpaired) electrons. The fourth-order valence-electron chi connectivity index (χ4n) is 2.26. The lowest BCUT2D eigenvalue weighted by molar-refractivity contribution is -0.114. The van der Waals surface area contributed by atoms with Crippen molar-refractivity contribution in [3.63, 3.8) is 0 Å². The average molecular weight is 328 g/mol. The molecule has 0 aromatic heterocycles. The lowest BCUT2D eigenvalue weighted by atomic mass is 10.2. The van der Waals surface area contributed by atoms with Gasteiger partial charge in [-0.25, -0.2) is 4.79 Å². The molecule has 0 saturated carbocycles. The molecule has 124 valence electrons. The third-order valence-corrected chi connectivity index (χ3v) is 3.43. The largest absolute Gasteiger partial charge is 0.465 e. The van der Waals surface area contributed by atoms with E-state index in [1.54, 1.807) is 42.5 Å². The fraction of sp³-hybridized carbons (Fsp3) is 0.176. The van der Waals surface area contributed by atoms with Crippen LogP contribution in [-0.2, 0) is 9.53 Å². The topological polar surface area (TPSA) is 85.9 Å². The van der Waals surface area contributed by atoms with E-state index in [0.29, 0.717) is 22.7 Å². The molecule has 0 bridgehead atoms. The van der Waals surface area contributed by atoms with E-state index < -0.39 is 5.97 Å². The zero-order valence-electron chi connectivity index (χ0n) is 13.0. The van der Waals surface area contributed by atoms with Crippen molar-refractivity contribution < 1.29 is 23.8 Å². The Labute approximate surface area is 138 Å². The number of rotatable bonds is 5. The van der Waals surface area contributed by atoms with Crippen molar-refractivity contribution in [3.05, 3.63) is 48.0 Å². The Hall–Kier alpha value is -3.22. The van der Waals surface area contributed by atoms with E-state index in [4.69, 9.17) is 14.2 Å². The van der Waals surface area contributed by atoms with Crippen molar-refractivity contribution in [1.29, 1.82) is 0 Å². The van der Waals surface area contributed by atoms with Crippen molar-refractivity contribution >= 4 is 23.3 Å². The van der Waals surface area contributed by atoms with Gasteiger partial charge in [0, 0.05) is 11.8 Å². The lowest BCUT2D eigenvalue weighted by Crippen LogP contribution is -2.23. The number of hydrogen-bond donors (Lipinski definition) is 2. The molecule has 0 aliphatic carbocycles. The minimum absolute atomic E-state index is 0.0369. The summed E-state index contributed by atoms with van der Waals surface area (Å²) in [5, 5.41) is 5.68. The number of hydrogen-bond acceptors (Lipinski definition) is 6. The molecule has 24 heavy (non-hydrogen) atoms. The first-order chi connectivity index (χ1) is 11.7. The van der Waals surface area contributed by atoms with Crippen molar-refractivity contribution in [1.82, 2.24) is 0 Å². The van der Waals surface area contributed by atoms with Crippen molar-refractivity contribution in [3.8, 4) is 11.5 Å². The van der Waals surface area contributed by atoms with Crippen LogP contribution in [0, 0.1) is 0 Å². The number of anilines is 2. The first kappa shape index (κ1) is 15.7. The quantitative estimate of drug-likeness (QED) is 0.819. The molecule has 2 aromatic carbocycles. The predicted octanol–water partition coefficient (Wildman–Crippen LogP) is 2.25. The predicted molar refractivity (Wildman–Crippen MR) is 87.5 cm³/mol. The second-order valence-corrected chi connectivity index (χ2v) is 5.01. The van der Waals surface area contributed by atoms with Gasteiger partial charge in [-0.15, -0.1) is 0 Å². The molecule has 7 heteroatoms. The molecule has 0 saturated heterocycles. The number of nitrogens with one attached hydrogen (secondary N) is 2. The molecule has 1 amide bonds. The van der Waals surface area contributed by atoms with Crippen LogP contribution in [0.4, 0.5) is 11.4 Å². The van der Waals surface area contributed by atoms with Crippen molar-refractivity contribution in [2.75, 3.05) is 31.1 Å². The van der Waals surface area contributed by atoms with Gasteiger partial charge in [-0.2, -0.15) is 0 Å². The molecule has 0 atom stereocenters. The van der Waals surface area contributed by atoms with Gasteiger partial charge in [0.2, 0.25) is 12.7 Å². The molecule has 2 N–H and O–H groups in total. The van der Waals surface area contributed by atoms with Crippen LogP contribution in [0.25, 0.3) is 0 Å². The Bertz CT molecular complexity index is 775. The maximum Gasteiger partial charge on any atom is 0.339 e. The van der Waals surface area contributed by atoms with E-state index in [-0.39, 0.29) is 19.2 Å². The molecule has 0 spiro atoms. The number of para-hydroxylation sites is 1. The summed E-state index contributed by atoms with van der Waals surface area (Å²) in [4.78, 5) is 23.8. The summed E-state index contributed by atoms with van der Waals surface area (Å²) >= 11 is 0. The standard InChI is InChI=1S/C17H16N2O5/c1-22-17(21)12-4-2-3-5-13(12)19-16(20)9-18-11-6-7-14-15(8-11)24-10-23-14/h2-8,18H,9-10H2,1H3,(H,19,20). The molecule has 3 rings (SSSR count). The third kappa shape index (κ3) is 3.40. The number of fused-ring (bicyclic) bond motifs is 1. The SMILES string of the molecule is COC(=O)c1ccccc1NC(=O)CNc1ccc2c(c1)OCO2. The van der Waals surface area contributed by atoms with Gasteiger partial charge in [-0.3, -0.25) is 4.79 Å². The van der Waals surface area contributed by atoms with Gasteiger partial charge < -0.3 is 24.8 Å². The zero-order chi connectivity index (χ0) is 16.9. The molecule has 2 aromatic rings. The Kier molecular flexibility index (Phi) is 4.51. The third-order valence-electron chi connectivity index (χ3n) is 3.43. The molecule has 1 aliphatic rings. The molecular weight excluding hydrogens is 312 g/mol. The van der Waals surface area contributed by atoms with Gasteiger partial charge in [-0.05, 0) is 24.3 Å². The number of ether oxygens (including phenoxy) is 3. The van der Waals surface area contributed by atoms with Gasteiger partial charge in [0.15, 0.2) is 11.5 Å². The maximum atomic E-state index is 12.1. The number of benzene rings is 2. The summed E-state index contributed by atoms with van der Waals surface area (Å²) in [5.74, 6) is 0.520. The molecule has 1 aliphatic heterocycles. The van der Waals surface area contributed by atoms with E-state index in [1.165, 1.54) is 7.11 Å². The highest BCUT2D eigenvalue weighted by Gasteiger charge is 2.15. The highest BCUT2D eigenvalue weighted by atomic mass is 16.7. The van der Waals surface area contributed by atoms with Crippen LogP contribution in [0.1, 0.15) is 10.4 Å². The first-order valence-electron chi connectivity index (χ1n) is 7.28. The number of esters is 1. The number of amides is 1. The number of carbonyl (C=O) groups excluding carboxylic acids is 2. The van der Waals surface area contributed by atoms with E-state index in [0.717, 1.165) is 5.69 Å². The molecule has 0 fully saturated rings. The summed E-state index contributed by atoms with van der Waals surface area (Å²) < 4.78 is 15.2. The van der Waals surface area contributed by atoms with Gasteiger partial charge in [-0.1, -0.05) is 12.1 Å². The smallest absolute Gasteiger partial charge is 0.339 e. The van der Waals surface area contributed by atoms with Crippen LogP contribution in [0.3, 0.4) is 0 Å². The van der Waals surface area contributed by atoms with Gasteiger partial charge in [0.25, 0.3) is 0 Å². The fourth-order valence-corrected chi connectivity index (χ4v) is 2.26. The molecular formula is C17H16N2O5. The second kappa shape index (κ2) is 6.91. The average Bonchev–Trinajstić information content (AvgIpc) is 3.07. The Morgan fingerprint density at radius 1 is 1.12 bits per heavy atom. The Morgan fingerprint density at radius 2 is 1.92 bits per heavy atom. The van der Waals surface area contributed by atoms with Crippen LogP contribution in [0.2, 0.25) is 0 Å². The summed E-state index contributed by atoms with van der Waals surface area (Å²) in [6, 6.07) is 12.0.